The van der Waals surface area contributed by atoms with Gasteiger partial charge in [-0.2, -0.15) is 0 Å². The third-order valence-electron chi connectivity index (χ3n) is 1.79. The average Bonchev–Trinajstić information content (AvgIpc) is 2.27. The first-order valence-corrected chi connectivity index (χ1v) is 4.53. The van der Waals surface area contributed by atoms with Crippen molar-refractivity contribution in [3.05, 3.63) is 24.3 Å². The van der Waals surface area contributed by atoms with Crippen LogP contribution in [0.2, 0.25) is 0 Å². The van der Waals surface area contributed by atoms with Gasteiger partial charge in [-0.25, -0.2) is 5.90 Å². The third kappa shape index (κ3) is 4.16. The lowest BCUT2D eigenvalue weighted by Crippen LogP contribution is -2.24. The summed E-state index contributed by atoms with van der Waals surface area (Å²) in [6.07, 6.45) is -0.725. The molecule has 1 rings (SSSR count). The molecule has 1 atom stereocenters. The van der Waals surface area contributed by atoms with E-state index in [4.69, 9.17) is 15.4 Å². The zero-order valence-corrected chi connectivity index (χ0v) is 8.55. The van der Waals surface area contributed by atoms with E-state index in [2.05, 4.69) is 4.84 Å². The molecule has 0 saturated carbocycles. The number of hydrogen-bond donors (Lipinski definition) is 2. The van der Waals surface area contributed by atoms with Crippen molar-refractivity contribution in [3.63, 3.8) is 0 Å². The predicted molar refractivity (Wildman–Crippen MR) is 54.6 cm³/mol. The van der Waals surface area contributed by atoms with Crippen LogP contribution in [0.3, 0.4) is 0 Å². The van der Waals surface area contributed by atoms with Gasteiger partial charge in [0, 0.05) is 0 Å². The highest BCUT2D eigenvalue weighted by molar-refractivity contribution is 5.31. The van der Waals surface area contributed by atoms with E-state index in [1.54, 1.807) is 31.4 Å². The number of ether oxygens (including phenoxy) is 2. The van der Waals surface area contributed by atoms with Crippen molar-refractivity contribution < 1.29 is 19.4 Å². The largest absolute Gasteiger partial charge is 0.497 e. The van der Waals surface area contributed by atoms with Crippen LogP contribution in [0.1, 0.15) is 0 Å². The first-order chi connectivity index (χ1) is 7.26. The molecule has 5 heteroatoms. The van der Waals surface area contributed by atoms with Crippen LogP contribution in [0.4, 0.5) is 0 Å². The molecule has 0 aliphatic carbocycles. The number of benzene rings is 1. The summed E-state index contributed by atoms with van der Waals surface area (Å²) in [6.45, 7) is 0.194. The number of hydrogen-bond acceptors (Lipinski definition) is 5. The molecule has 1 unspecified atom stereocenters. The lowest BCUT2D eigenvalue weighted by atomic mass is 10.3. The third-order valence-corrected chi connectivity index (χ3v) is 1.79. The van der Waals surface area contributed by atoms with Gasteiger partial charge in [0.25, 0.3) is 0 Å². The Bertz CT molecular complexity index is 275. The van der Waals surface area contributed by atoms with E-state index in [1.807, 2.05) is 0 Å². The van der Waals surface area contributed by atoms with Crippen molar-refractivity contribution in [3.8, 4) is 11.5 Å². The Morgan fingerprint density at radius 2 is 1.80 bits per heavy atom. The fourth-order valence-electron chi connectivity index (χ4n) is 1.02. The van der Waals surface area contributed by atoms with Crippen molar-refractivity contribution >= 4 is 0 Å². The molecule has 0 amide bonds. The van der Waals surface area contributed by atoms with E-state index in [1.165, 1.54) is 0 Å². The minimum Gasteiger partial charge on any atom is -0.497 e. The lowest BCUT2D eigenvalue weighted by Gasteiger charge is -2.11. The topological polar surface area (TPSA) is 73.9 Å². The highest BCUT2D eigenvalue weighted by Gasteiger charge is 2.04. The minimum absolute atomic E-state index is 0.0517. The Hall–Kier alpha value is -1.30. The van der Waals surface area contributed by atoms with Crippen LogP contribution in [-0.4, -0.2) is 31.5 Å². The van der Waals surface area contributed by atoms with Crippen LogP contribution < -0.4 is 15.4 Å². The maximum Gasteiger partial charge on any atom is 0.119 e. The molecule has 0 aliphatic rings. The van der Waals surface area contributed by atoms with Gasteiger partial charge in [-0.1, -0.05) is 0 Å². The SMILES string of the molecule is COc1ccc(OCC(O)CON)cc1. The van der Waals surface area contributed by atoms with Gasteiger partial charge in [-0.15, -0.1) is 0 Å². The quantitative estimate of drug-likeness (QED) is 0.666. The molecule has 5 nitrogen and oxygen atoms in total. The second-order valence-electron chi connectivity index (χ2n) is 2.97. The fraction of sp³-hybridized carbons (Fsp3) is 0.400. The molecule has 1 aromatic rings. The molecule has 15 heavy (non-hydrogen) atoms. The van der Waals surface area contributed by atoms with Crippen molar-refractivity contribution in [1.82, 2.24) is 0 Å². The molecule has 3 N–H and O–H groups in total. The van der Waals surface area contributed by atoms with Crippen LogP contribution in [-0.2, 0) is 4.84 Å². The maximum absolute atomic E-state index is 9.26. The number of nitrogens with two attached hydrogens (primary N) is 1. The normalized spacial score (nSPS) is 12.2. The molecule has 0 bridgehead atoms. The highest BCUT2D eigenvalue weighted by atomic mass is 16.6. The zero-order valence-electron chi connectivity index (χ0n) is 8.55. The summed E-state index contributed by atoms with van der Waals surface area (Å²) < 4.78 is 10.3. The van der Waals surface area contributed by atoms with E-state index in [0.717, 1.165) is 5.75 Å². The Kier molecular flexibility index (Phi) is 4.89. The summed E-state index contributed by atoms with van der Waals surface area (Å²) in [7, 11) is 1.60. The molecular formula is C10H15NO4. The van der Waals surface area contributed by atoms with Gasteiger partial charge >= 0.3 is 0 Å². The molecule has 0 saturated heterocycles. The van der Waals surface area contributed by atoms with Crippen LogP contribution in [0, 0.1) is 0 Å². The molecule has 1 aromatic carbocycles. The summed E-state index contributed by atoms with van der Waals surface area (Å²) in [5.41, 5.74) is 0. The van der Waals surface area contributed by atoms with Crippen LogP contribution in [0.15, 0.2) is 24.3 Å². The molecule has 0 spiro atoms. The molecule has 0 heterocycles. The lowest BCUT2D eigenvalue weighted by molar-refractivity contribution is 0.0116. The summed E-state index contributed by atoms with van der Waals surface area (Å²) in [6, 6.07) is 7.08. The summed E-state index contributed by atoms with van der Waals surface area (Å²) >= 11 is 0. The second kappa shape index (κ2) is 6.23. The summed E-state index contributed by atoms with van der Waals surface area (Å²) in [4.78, 5) is 4.28. The summed E-state index contributed by atoms with van der Waals surface area (Å²) in [5, 5.41) is 9.26. The molecule has 84 valence electrons. The number of aliphatic hydroxyl groups is 1. The van der Waals surface area contributed by atoms with E-state index >= 15 is 0 Å². The van der Waals surface area contributed by atoms with Crippen molar-refractivity contribution in [1.29, 1.82) is 0 Å². The molecule has 0 aliphatic heterocycles. The van der Waals surface area contributed by atoms with Gasteiger partial charge in [0.15, 0.2) is 0 Å². The fourth-order valence-corrected chi connectivity index (χ4v) is 1.02. The van der Waals surface area contributed by atoms with Gasteiger partial charge < -0.3 is 19.4 Å². The van der Waals surface area contributed by atoms with Gasteiger partial charge in [0.2, 0.25) is 0 Å². The second-order valence-corrected chi connectivity index (χ2v) is 2.97. The zero-order chi connectivity index (χ0) is 11.1. The van der Waals surface area contributed by atoms with Crippen LogP contribution in [0.5, 0.6) is 11.5 Å². The van der Waals surface area contributed by atoms with E-state index in [-0.39, 0.29) is 13.2 Å². The Labute approximate surface area is 88.3 Å². The van der Waals surface area contributed by atoms with Crippen LogP contribution in [0.25, 0.3) is 0 Å². The Morgan fingerprint density at radius 1 is 1.20 bits per heavy atom. The van der Waals surface area contributed by atoms with Crippen molar-refractivity contribution in [2.45, 2.75) is 6.10 Å². The Balaban J connectivity index is 2.37. The predicted octanol–water partition coefficient (Wildman–Crippen LogP) is 0.325. The number of methoxy groups -OCH3 is 1. The minimum atomic E-state index is -0.725. The average molecular weight is 213 g/mol. The van der Waals surface area contributed by atoms with Gasteiger partial charge in [-0.05, 0) is 24.3 Å². The van der Waals surface area contributed by atoms with Crippen molar-refractivity contribution in [2.24, 2.45) is 5.90 Å². The molecule has 0 fully saturated rings. The van der Waals surface area contributed by atoms with Gasteiger partial charge in [0.05, 0.1) is 13.7 Å². The Morgan fingerprint density at radius 3 is 2.33 bits per heavy atom. The number of rotatable bonds is 6. The first kappa shape index (κ1) is 11.8. The number of aliphatic hydroxyl groups excluding tert-OH is 1. The van der Waals surface area contributed by atoms with E-state index < -0.39 is 6.10 Å². The first-order valence-electron chi connectivity index (χ1n) is 4.53. The molecule has 0 radical (unpaired) electrons. The molecular weight excluding hydrogens is 198 g/mol. The maximum atomic E-state index is 9.26. The van der Waals surface area contributed by atoms with E-state index in [0.29, 0.717) is 5.75 Å². The monoisotopic (exact) mass is 213 g/mol. The standard InChI is InChI=1S/C10H15NO4/c1-13-9-2-4-10(5-3-9)14-6-8(12)7-15-11/h2-5,8,12H,6-7,11H2,1H3. The molecule has 0 aromatic heterocycles. The summed E-state index contributed by atoms with van der Waals surface area (Å²) in [5.74, 6) is 6.22. The smallest absolute Gasteiger partial charge is 0.119 e. The van der Waals surface area contributed by atoms with Gasteiger partial charge in [0.1, 0.15) is 24.2 Å². The van der Waals surface area contributed by atoms with Crippen LogP contribution >= 0.6 is 0 Å². The van der Waals surface area contributed by atoms with Crippen molar-refractivity contribution in [2.75, 3.05) is 20.3 Å². The van der Waals surface area contributed by atoms with E-state index in [9.17, 15) is 5.11 Å². The highest BCUT2D eigenvalue weighted by Crippen LogP contribution is 2.16. The van der Waals surface area contributed by atoms with Gasteiger partial charge in [-0.3, -0.25) is 0 Å².